The number of rotatable bonds is 5. The molecule has 0 unspecified atom stereocenters. The molecule has 0 atom stereocenters. The molecule has 0 bridgehead atoms. The van der Waals surface area contributed by atoms with E-state index in [2.05, 4.69) is 33.8 Å². The number of unbranched alkanes of at least 4 members (excludes halogenated alkanes) is 1. The molecule has 0 amide bonds. The SMILES string of the molecule is CCCCN1CSC(=S)N(Cc2ccncc2)C1. The standard InChI is InChI=1S/C13H19N3S2/c1-2-3-8-15-10-16(13(17)18-11-15)9-12-4-6-14-7-5-12/h4-7H,2-3,8-11H2,1H3. The van der Waals surface area contributed by atoms with Crippen molar-refractivity contribution in [2.24, 2.45) is 0 Å². The highest BCUT2D eigenvalue weighted by molar-refractivity contribution is 8.22. The van der Waals surface area contributed by atoms with E-state index in [-0.39, 0.29) is 0 Å². The maximum absolute atomic E-state index is 5.44. The Morgan fingerprint density at radius 1 is 1.39 bits per heavy atom. The van der Waals surface area contributed by atoms with Crippen LogP contribution in [0.15, 0.2) is 24.5 Å². The molecule has 5 heteroatoms. The summed E-state index contributed by atoms with van der Waals surface area (Å²) in [6, 6.07) is 4.11. The predicted octanol–water partition coefficient (Wildman–Crippen LogP) is 2.93. The summed E-state index contributed by atoms with van der Waals surface area (Å²) in [6.07, 6.45) is 6.18. The molecule has 18 heavy (non-hydrogen) atoms. The maximum atomic E-state index is 5.44. The van der Waals surface area contributed by atoms with Gasteiger partial charge >= 0.3 is 0 Å². The minimum atomic E-state index is 0.886. The van der Waals surface area contributed by atoms with Crippen molar-refractivity contribution in [2.75, 3.05) is 19.1 Å². The normalized spacial score (nSPS) is 17.2. The Morgan fingerprint density at radius 3 is 2.89 bits per heavy atom. The van der Waals surface area contributed by atoms with Gasteiger partial charge in [0.2, 0.25) is 0 Å². The number of thiocarbonyl (C=S) groups is 1. The third-order valence-electron chi connectivity index (χ3n) is 2.95. The Bertz CT molecular complexity index is 383. The second-order valence-corrected chi connectivity index (χ2v) is 6.06. The highest BCUT2D eigenvalue weighted by atomic mass is 32.2. The van der Waals surface area contributed by atoms with Crippen molar-refractivity contribution in [3.63, 3.8) is 0 Å². The van der Waals surface area contributed by atoms with E-state index < -0.39 is 0 Å². The van der Waals surface area contributed by atoms with Crippen LogP contribution in [0.5, 0.6) is 0 Å². The van der Waals surface area contributed by atoms with Crippen molar-refractivity contribution >= 4 is 28.3 Å². The van der Waals surface area contributed by atoms with Crippen LogP contribution in [-0.2, 0) is 6.54 Å². The summed E-state index contributed by atoms with van der Waals surface area (Å²) in [5, 5.41) is 0. The predicted molar refractivity (Wildman–Crippen MR) is 81.3 cm³/mol. The molecule has 0 spiro atoms. The molecule has 1 aliphatic rings. The zero-order valence-corrected chi connectivity index (χ0v) is 12.3. The maximum Gasteiger partial charge on any atom is 0.138 e. The van der Waals surface area contributed by atoms with Gasteiger partial charge in [-0.05, 0) is 24.1 Å². The lowest BCUT2D eigenvalue weighted by Gasteiger charge is -2.36. The fraction of sp³-hybridized carbons (Fsp3) is 0.538. The minimum absolute atomic E-state index is 0.886. The van der Waals surface area contributed by atoms with E-state index in [4.69, 9.17) is 12.2 Å². The monoisotopic (exact) mass is 281 g/mol. The number of nitrogens with zero attached hydrogens (tertiary/aromatic N) is 3. The van der Waals surface area contributed by atoms with Crippen molar-refractivity contribution in [2.45, 2.75) is 26.3 Å². The second-order valence-electron chi connectivity index (χ2n) is 4.48. The molecule has 0 N–H and O–H groups in total. The van der Waals surface area contributed by atoms with Crippen LogP contribution in [-0.4, -0.2) is 38.2 Å². The fourth-order valence-electron chi connectivity index (χ4n) is 1.92. The van der Waals surface area contributed by atoms with Crippen LogP contribution >= 0.6 is 24.0 Å². The highest BCUT2D eigenvalue weighted by Crippen LogP contribution is 2.20. The van der Waals surface area contributed by atoms with Gasteiger partial charge in [0.25, 0.3) is 0 Å². The molecule has 2 rings (SSSR count). The summed E-state index contributed by atoms with van der Waals surface area (Å²) in [4.78, 5) is 8.78. The largest absolute Gasteiger partial charge is 0.340 e. The molecule has 2 heterocycles. The van der Waals surface area contributed by atoms with E-state index in [1.807, 2.05) is 12.4 Å². The van der Waals surface area contributed by atoms with Crippen LogP contribution in [0.4, 0.5) is 0 Å². The van der Waals surface area contributed by atoms with Gasteiger partial charge in [0.05, 0.1) is 12.5 Å². The van der Waals surface area contributed by atoms with E-state index >= 15 is 0 Å². The number of thioether (sulfide) groups is 1. The molecule has 3 nitrogen and oxygen atoms in total. The first kappa shape index (κ1) is 13.8. The summed E-state index contributed by atoms with van der Waals surface area (Å²) < 4.78 is 1.01. The Balaban J connectivity index is 1.91. The topological polar surface area (TPSA) is 19.4 Å². The summed E-state index contributed by atoms with van der Waals surface area (Å²) in [5.41, 5.74) is 1.27. The molecule has 98 valence electrons. The second kappa shape index (κ2) is 7.07. The van der Waals surface area contributed by atoms with Crippen LogP contribution in [0.25, 0.3) is 0 Å². The van der Waals surface area contributed by atoms with Crippen LogP contribution in [0, 0.1) is 0 Å². The number of hydrogen-bond acceptors (Lipinski definition) is 4. The first-order valence-corrected chi connectivity index (χ1v) is 7.72. The molecule has 1 aliphatic heterocycles. The number of aromatic nitrogens is 1. The quantitative estimate of drug-likeness (QED) is 0.771. The van der Waals surface area contributed by atoms with Gasteiger partial charge in [-0.15, -0.1) is 0 Å². The summed E-state index contributed by atoms with van der Waals surface area (Å²) in [5.74, 6) is 1.03. The molecule has 0 aromatic carbocycles. The molecule has 1 fully saturated rings. The van der Waals surface area contributed by atoms with Gasteiger partial charge in [-0.2, -0.15) is 0 Å². The third-order valence-corrected chi connectivity index (χ3v) is 4.56. The van der Waals surface area contributed by atoms with Crippen LogP contribution in [0.3, 0.4) is 0 Å². The van der Waals surface area contributed by atoms with E-state index in [0.29, 0.717) is 0 Å². The highest BCUT2D eigenvalue weighted by Gasteiger charge is 2.21. The number of hydrogen-bond donors (Lipinski definition) is 0. The molecular weight excluding hydrogens is 262 g/mol. The lowest BCUT2D eigenvalue weighted by atomic mass is 10.2. The molecule has 1 saturated heterocycles. The van der Waals surface area contributed by atoms with Crippen molar-refractivity contribution in [3.05, 3.63) is 30.1 Å². The van der Waals surface area contributed by atoms with Gasteiger partial charge in [-0.1, -0.05) is 37.3 Å². The zero-order chi connectivity index (χ0) is 12.8. The summed E-state index contributed by atoms with van der Waals surface area (Å²) >= 11 is 7.21. The molecule has 0 aliphatic carbocycles. The molecule has 0 saturated carbocycles. The van der Waals surface area contributed by atoms with Gasteiger partial charge in [-0.3, -0.25) is 9.88 Å². The number of pyridine rings is 1. The van der Waals surface area contributed by atoms with Gasteiger partial charge in [-0.25, -0.2) is 0 Å². The van der Waals surface area contributed by atoms with Crippen molar-refractivity contribution in [1.82, 2.24) is 14.8 Å². The lowest BCUT2D eigenvalue weighted by molar-refractivity contribution is 0.205. The fourth-order valence-corrected chi connectivity index (χ4v) is 3.01. The average molecular weight is 281 g/mol. The summed E-state index contributed by atoms with van der Waals surface area (Å²) in [7, 11) is 0. The first-order chi connectivity index (χ1) is 8.79. The van der Waals surface area contributed by atoms with E-state index in [9.17, 15) is 0 Å². The average Bonchev–Trinajstić information content (AvgIpc) is 2.41. The van der Waals surface area contributed by atoms with Gasteiger partial charge in [0.1, 0.15) is 4.32 Å². The Hall–Kier alpha value is -0.650. The Morgan fingerprint density at radius 2 is 2.17 bits per heavy atom. The van der Waals surface area contributed by atoms with Gasteiger partial charge in [0, 0.05) is 25.5 Å². The zero-order valence-electron chi connectivity index (χ0n) is 10.7. The van der Waals surface area contributed by atoms with Crippen molar-refractivity contribution in [3.8, 4) is 0 Å². The Kier molecular flexibility index (Phi) is 5.41. The third kappa shape index (κ3) is 3.93. The van der Waals surface area contributed by atoms with Crippen LogP contribution < -0.4 is 0 Å². The molecular formula is C13H19N3S2. The van der Waals surface area contributed by atoms with Gasteiger partial charge < -0.3 is 4.90 Å². The van der Waals surface area contributed by atoms with Gasteiger partial charge in [0.15, 0.2) is 0 Å². The van der Waals surface area contributed by atoms with E-state index in [0.717, 1.165) is 23.4 Å². The van der Waals surface area contributed by atoms with Crippen molar-refractivity contribution in [1.29, 1.82) is 0 Å². The van der Waals surface area contributed by atoms with E-state index in [1.165, 1.54) is 24.9 Å². The molecule has 0 radical (unpaired) electrons. The van der Waals surface area contributed by atoms with E-state index in [1.54, 1.807) is 11.8 Å². The summed E-state index contributed by atoms with van der Waals surface area (Å²) in [6.45, 7) is 5.24. The van der Waals surface area contributed by atoms with Crippen LogP contribution in [0.2, 0.25) is 0 Å². The smallest absolute Gasteiger partial charge is 0.138 e. The Labute approximate surface area is 119 Å². The molecule has 1 aromatic rings. The first-order valence-electron chi connectivity index (χ1n) is 6.32. The van der Waals surface area contributed by atoms with Crippen LogP contribution in [0.1, 0.15) is 25.3 Å². The lowest BCUT2D eigenvalue weighted by Crippen LogP contribution is -2.44. The minimum Gasteiger partial charge on any atom is -0.340 e. The van der Waals surface area contributed by atoms with Crippen molar-refractivity contribution < 1.29 is 0 Å². The molecule has 1 aromatic heterocycles.